The standard InChI is InChI=1S/C26H25ClF2/c1-2-3-4-5-6-17-7-13-21-19(15-17)10-14-22-23(21)16-24(28)25(26(22)29)18-8-11-20(27)12-9-18/h7-9,11-13,15-16H,2-6,10,14H2,1H3. The van der Waals surface area contributed by atoms with E-state index in [1.54, 1.807) is 24.3 Å². The summed E-state index contributed by atoms with van der Waals surface area (Å²) in [6.45, 7) is 2.22. The molecular weight excluding hydrogens is 386 g/mol. The fourth-order valence-corrected chi connectivity index (χ4v) is 4.44. The Balaban J connectivity index is 1.68. The van der Waals surface area contributed by atoms with E-state index < -0.39 is 11.6 Å². The van der Waals surface area contributed by atoms with Crippen LogP contribution in [-0.4, -0.2) is 0 Å². The van der Waals surface area contributed by atoms with Crippen molar-refractivity contribution in [2.24, 2.45) is 0 Å². The van der Waals surface area contributed by atoms with E-state index in [0.29, 0.717) is 28.1 Å². The van der Waals surface area contributed by atoms with Gasteiger partial charge in [0.05, 0.1) is 5.56 Å². The van der Waals surface area contributed by atoms with E-state index in [9.17, 15) is 4.39 Å². The number of rotatable bonds is 6. The van der Waals surface area contributed by atoms with Gasteiger partial charge in [-0.05, 0) is 77.3 Å². The van der Waals surface area contributed by atoms with Gasteiger partial charge in [-0.1, -0.05) is 68.1 Å². The van der Waals surface area contributed by atoms with Crippen LogP contribution in [0.15, 0.2) is 48.5 Å². The van der Waals surface area contributed by atoms with Crippen molar-refractivity contribution in [3.8, 4) is 22.3 Å². The molecule has 0 nitrogen and oxygen atoms in total. The minimum atomic E-state index is -0.528. The molecule has 0 amide bonds. The van der Waals surface area contributed by atoms with Crippen molar-refractivity contribution in [3.05, 3.63) is 81.9 Å². The molecule has 0 heterocycles. The fraction of sp³-hybridized carbons (Fsp3) is 0.308. The fourth-order valence-electron chi connectivity index (χ4n) is 4.31. The molecule has 0 aliphatic heterocycles. The van der Waals surface area contributed by atoms with Gasteiger partial charge in [0, 0.05) is 5.02 Å². The van der Waals surface area contributed by atoms with Crippen molar-refractivity contribution in [1.29, 1.82) is 0 Å². The first kappa shape index (κ1) is 20.1. The first-order chi connectivity index (χ1) is 14.1. The second kappa shape index (κ2) is 8.67. The van der Waals surface area contributed by atoms with Gasteiger partial charge >= 0.3 is 0 Å². The molecule has 0 saturated heterocycles. The van der Waals surface area contributed by atoms with Gasteiger partial charge in [0.15, 0.2) is 0 Å². The van der Waals surface area contributed by atoms with E-state index in [4.69, 9.17) is 11.6 Å². The summed E-state index contributed by atoms with van der Waals surface area (Å²) in [4.78, 5) is 0. The minimum Gasteiger partial charge on any atom is -0.206 e. The maximum absolute atomic E-state index is 15.3. The van der Waals surface area contributed by atoms with Crippen molar-refractivity contribution < 1.29 is 8.78 Å². The molecule has 0 atom stereocenters. The molecule has 0 aromatic heterocycles. The molecule has 0 saturated carbocycles. The third-order valence-electron chi connectivity index (χ3n) is 5.88. The second-order valence-electron chi connectivity index (χ2n) is 7.88. The summed E-state index contributed by atoms with van der Waals surface area (Å²) in [7, 11) is 0. The number of halogens is 3. The molecule has 0 spiro atoms. The molecule has 4 rings (SSSR count). The average Bonchev–Trinajstić information content (AvgIpc) is 2.72. The van der Waals surface area contributed by atoms with Crippen LogP contribution in [0.1, 0.15) is 49.3 Å². The smallest absolute Gasteiger partial charge is 0.137 e. The highest BCUT2D eigenvalue weighted by Gasteiger charge is 2.25. The highest BCUT2D eigenvalue weighted by Crippen LogP contribution is 2.40. The van der Waals surface area contributed by atoms with Crippen molar-refractivity contribution in [3.63, 3.8) is 0 Å². The SMILES string of the molecule is CCCCCCc1ccc2c(c1)CCc1c-2cc(F)c(-c2ccc(Cl)cc2)c1F. The van der Waals surface area contributed by atoms with Gasteiger partial charge in [0.25, 0.3) is 0 Å². The predicted molar refractivity (Wildman–Crippen MR) is 117 cm³/mol. The van der Waals surface area contributed by atoms with E-state index in [1.165, 1.54) is 42.9 Å². The van der Waals surface area contributed by atoms with Crippen LogP contribution in [0.5, 0.6) is 0 Å². The number of hydrogen-bond donors (Lipinski definition) is 0. The zero-order valence-corrected chi connectivity index (χ0v) is 17.5. The molecule has 150 valence electrons. The van der Waals surface area contributed by atoms with E-state index in [0.717, 1.165) is 18.4 Å². The normalized spacial score (nSPS) is 12.6. The summed E-state index contributed by atoms with van der Waals surface area (Å²) in [5.41, 5.74) is 5.34. The topological polar surface area (TPSA) is 0 Å². The monoisotopic (exact) mass is 410 g/mol. The third kappa shape index (κ3) is 4.09. The van der Waals surface area contributed by atoms with Gasteiger partial charge in [-0.3, -0.25) is 0 Å². The molecule has 3 heteroatoms. The lowest BCUT2D eigenvalue weighted by Gasteiger charge is -2.23. The molecule has 0 N–H and O–H groups in total. The highest BCUT2D eigenvalue weighted by molar-refractivity contribution is 6.30. The lowest BCUT2D eigenvalue weighted by molar-refractivity contribution is 0.577. The van der Waals surface area contributed by atoms with Crippen LogP contribution >= 0.6 is 11.6 Å². The molecule has 0 radical (unpaired) electrons. The Kier molecular flexibility index (Phi) is 6.01. The van der Waals surface area contributed by atoms with Crippen LogP contribution < -0.4 is 0 Å². The number of fused-ring (bicyclic) bond motifs is 3. The molecule has 0 fully saturated rings. The van der Waals surface area contributed by atoms with Gasteiger partial charge in [-0.2, -0.15) is 0 Å². The van der Waals surface area contributed by atoms with E-state index in [1.807, 2.05) is 6.07 Å². The molecule has 3 aromatic rings. The van der Waals surface area contributed by atoms with Crippen LogP contribution in [0, 0.1) is 11.6 Å². The molecular formula is C26H25ClF2. The van der Waals surface area contributed by atoms with Crippen molar-refractivity contribution in [2.75, 3.05) is 0 Å². The van der Waals surface area contributed by atoms with Crippen LogP contribution in [0.3, 0.4) is 0 Å². The Morgan fingerprint density at radius 3 is 2.41 bits per heavy atom. The largest absolute Gasteiger partial charge is 0.206 e. The highest BCUT2D eigenvalue weighted by atomic mass is 35.5. The first-order valence-electron chi connectivity index (χ1n) is 10.5. The van der Waals surface area contributed by atoms with E-state index in [-0.39, 0.29) is 5.56 Å². The Morgan fingerprint density at radius 2 is 1.66 bits per heavy atom. The maximum atomic E-state index is 15.3. The number of aryl methyl sites for hydroxylation is 2. The van der Waals surface area contributed by atoms with Crippen molar-refractivity contribution in [1.82, 2.24) is 0 Å². The summed E-state index contributed by atoms with van der Waals surface area (Å²) in [6, 6.07) is 14.5. The van der Waals surface area contributed by atoms with Crippen LogP contribution in [0.2, 0.25) is 5.02 Å². The van der Waals surface area contributed by atoms with Crippen LogP contribution in [0.25, 0.3) is 22.3 Å². The number of unbranched alkanes of at least 4 members (excludes halogenated alkanes) is 3. The van der Waals surface area contributed by atoms with Gasteiger partial charge in [0.1, 0.15) is 11.6 Å². The Hall–Kier alpha value is -2.19. The Morgan fingerprint density at radius 1 is 0.862 bits per heavy atom. The summed E-state index contributed by atoms with van der Waals surface area (Å²) in [6.07, 6.45) is 7.39. The number of benzene rings is 3. The molecule has 3 aromatic carbocycles. The average molecular weight is 411 g/mol. The predicted octanol–water partition coefficient (Wildman–Crippen LogP) is 8.17. The Bertz CT molecular complexity index is 1020. The molecule has 0 unspecified atom stereocenters. The summed E-state index contributed by atoms with van der Waals surface area (Å²) < 4.78 is 30.3. The molecule has 1 aliphatic carbocycles. The van der Waals surface area contributed by atoms with Gasteiger partial charge in [0.2, 0.25) is 0 Å². The third-order valence-corrected chi connectivity index (χ3v) is 6.13. The number of hydrogen-bond acceptors (Lipinski definition) is 0. The lowest BCUT2D eigenvalue weighted by Crippen LogP contribution is -2.09. The molecule has 1 aliphatic rings. The van der Waals surface area contributed by atoms with Crippen LogP contribution in [0.4, 0.5) is 8.78 Å². The zero-order chi connectivity index (χ0) is 20.4. The second-order valence-corrected chi connectivity index (χ2v) is 8.32. The van der Waals surface area contributed by atoms with Crippen molar-refractivity contribution >= 4 is 11.6 Å². The van der Waals surface area contributed by atoms with Crippen LogP contribution in [-0.2, 0) is 19.3 Å². The van der Waals surface area contributed by atoms with E-state index in [2.05, 4.69) is 19.1 Å². The van der Waals surface area contributed by atoms with Gasteiger partial charge < -0.3 is 0 Å². The van der Waals surface area contributed by atoms with Crippen molar-refractivity contribution in [2.45, 2.75) is 51.9 Å². The van der Waals surface area contributed by atoms with Gasteiger partial charge in [-0.15, -0.1) is 0 Å². The zero-order valence-electron chi connectivity index (χ0n) is 16.7. The van der Waals surface area contributed by atoms with E-state index >= 15 is 4.39 Å². The molecule has 0 bridgehead atoms. The maximum Gasteiger partial charge on any atom is 0.137 e. The van der Waals surface area contributed by atoms with Gasteiger partial charge in [-0.25, -0.2) is 8.78 Å². The summed E-state index contributed by atoms with van der Waals surface area (Å²) in [5.74, 6) is -0.975. The quantitative estimate of drug-likeness (QED) is 0.359. The minimum absolute atomic E-state index is 0.0383. The Labute approximate surface area is 176 Å². The first-order valence-corrected chi connectivity index (χ1v) is 10.8. The summed E-state index contributed by atoms with van der Waals surface area (Å²) in [5, 5.41) is 0.548. The molecule has 29 heavy (non-hydrogen) atoms. The summed E-state index contributed by atoms with van der Waals surface area (Å²) >= 11 is 5.92. The lowest BCUT2D eigenvalue weighted by atomic mass is 9.82.